The number of piperidine rings is 1. The molecule has 10 heteroatoms. The van der Waals surface area contributed by atoms with Gasteiger partial charge in [0.15, 0.2) is 11.6 Å². The van der Waals surface area contributed by atoms with Gasteiger partial charge in [0.1, 0.15) is 6.10 Å². The monoisotopic (exact) mass is 460 g/mol. The summed E-state index contributed by atoms with van der Waals surface area (Å²) in [7, 11) is 0. The van der Waals surface area contributed by atoms with Gasteiger partial charge in [0, 0.05) is 24.4 Å². The van der Waals surface area contributed by atoms with Crippen molar-refractivity contribution in [3.8, 4) is 17.3 Å². The van der Waals surface area contributed by atoms with E-state index in [0.717, 1.165) is 24.7 Å². The van der Waals surface area contributed by atoms with Crippen LogP contribution in [0.25, 0.3) is 11.4 Å². The number of amides is 1. The number of rotatable bonds is 4. The van der Waals surface area contributed by atoms with Crippen molar-refractivity contribution in [3.05, 3.63) is 71.9 Å². The number of ether oxygens (including phenoxy) is 1. The van der Waals surface area contributed by atoms with Gasteiger partial charge in [-0.3, -0.25) is 4.79 Å². The maximum absolute atomic E-state index is 13.4. The molecule has 1 amide bonds. The standard InChI is InChI=1S/C23H20F4N4O2/c1-14-19(33-20-9-8-15(11-28-20)23(25,26)27)7-4-10-31(14)22(32)18-6-3-2-5-17(18)21-29-12-16(24)13-30-21/h2-3,5-6,8-9,11-14,19H,4,7,10H2,1H3. The lowest BCUT2D eigenvalue weighted by molar-refractivity contribution is -0.137. The van der Waals surface area contributed by atoms with Crippen LogP contribution in [0.2, 0.25) is 0 Å². The highest BCUT2D eigenvalue weighted by atomic mass is 19.4. The molecule has 2 aromatic heterocycles. The summed E-state index contributed by atoms with van der Waals surface area (Å²) in [4.78, 5) is 26.8. The molecule has 0 spiro atoms. The van der Waals surface area contributed by atoms with Crippen molar-refractivity contribution < 1.29 is 27.1 Å². The molecule has 0 bridgehead atoms. The third kappa shape index (κ3) is 4.94. The average molecular weight is 460 g/mol. The third-order valence-corrected chi connectivity index (χ3v) is 5.53. The molecule has 3 heterocycles. The summed E-state index contributed by atoms with van der Waals surface area (Å²) in [5, 5.41) is 0. The number of nitrogens with zero attached hydrogens (tertiary/aromatic N) is 4. The molecule has 0 N–H and O–H groups in total. The van der Waals surface area contributed by atoms with Crippen LogP contribution in [0, 0.1) is 5.82 Å². The number of alkyl halides is 3. The Hall–Kier alpha value is -3.56. The summed E-state index contributed by atoms with van der Waals surface area (Å²) in [5.41, 5.74) is -0.0191. The van der Waals surface area contributed by atoms with Crippen LogP contribution in [0.3, 0.4) is 0 Å². The fourth-order valence-electron chi connectivity index (χ4n) is 3.80. The van der Waals surface area contributed by atoms with Gasteiger partial charge in [0.05, 0.1) is 29.6 Å². The first-order valence-electron chi connectivity index (χ1n) is 10.3. The van der Waals surface area contributed by atoms with E-state index in [1.165, 1.54) is 6.07 Å². The second-order valence-corrected chi connectivity index (χ2v) is 7.69. The molecule has 172 valence electrons. The second-order valence-electron chi connectivity index (χ2n) is 7.69. The summed E-state index contributed by atoms with van der Waals surface area (Å²) in [6.07, 6.45) is -0.852. The van der Waals surface area contributed by atoms with Crippen molar-refractivity contribution in [2.24, 2.45) is 0 Å². The number of aromatic nitrogens is 3. The van der Waals surface area contributed by atoms with Crippen molar-refractivity contribution >= 4 is 5.91 Å². The second kappa shape index (κ2) is 9.13. The van der Waals surface area contributed by atoms with Crippen LogP contribution in [0.1, 0.15) is 35.7 Å². The van der Waals surface area contributed by atoms with Crippen molar-refractivity contribution in [2.75, 3.05) is 6.54 Å². The zero-order valence-corrected chi connectivity index (χ0v) is 17.6. The lowest BCUT2D eigenvalue weighted by Crippen LogP contribution is -2.51. The van der Waals surface area contributed by atoms with Crippen LogP contribution < -0.4 is 4.74 Å². The van der Waals surface area contributed by atoms with E-state index >= 15 is 0 Å². The van der Waals surface area contributed by atoms with E-state index < -0.39 is 23.7 Å². The Labute approximate surface area is 187 Å². The highest BCUT2D eigenvalue weighted by molar-refractivity contribution is 6.00. The summed E-state index contributed by atoms with van der Waals surface area (Å²) >= 11 is 0. The minimum Gasteiger partial charge on any atom is -0.472 e. The predicted molar refractivity (Wildman–Crippen MR) is 111 cm³/mol. The fraction of sp³-hybridized carbons (Fsp3) is 0.304. The number of carbonyl (C=O) groups is 1. The lowest BCUT2D eigenvalue weighted by atomic mass is 9.97. The van der Waals surface area contributed by atoms with Gasteiger partial charge in [-0.05, 0) is 31.9 Å². The van der Waals surface area contributed by atoms with Gasteiger partial charge in [-0.15, -0.1) is 0 Å². The first-order valence-corrected chi connectivity index (χ1v) is 10.3. The number of hydrogen-bond donors (Lipinski definition) is 0. The number of halogens is 4. The van der Waals surface area contributed by atoms with Crippen molar-refractivity contribution in [3.63, 3.8) is 0 Å². The smallest absolute Gasteiger partial charge is 0.417 e. The molecule has 1 aromatic carbocycles. The van der Waals surface area contributed by atoms with Crippen LogP contribution in [0.15, 0.2) is 55.0 Å². The summed E-state index contributed by atoms with van der Waals surface area (Å²) in [6, 6.07) is 8.52. The van der Waals surface area contributed by atoms with Crippen LogP contribution in [-0.4, -0.2) is 44.4 Å². The summed E-state index contributed by atoms with van der Waals surface area (Å²) in [5.74, 6) is -0.551. The highest BCUT2D eigenvalue weighted by Gasteiger charge is 2.35. The predicted octanol–water partition coefficient (Wildman–Crippen LogP) is 4.77. The number of likely N-dealkylation sites (tertiary alicyclic amines) is 1. The summed E-state index contributed by atoms with van der Waals surface area (Å²) in [6.45, 7) is 2.31. The van der Waals surface area contributed by atoms with Crippen molar-refractivity contribution in [1.82, 2.24) is 19.9 Å². The van der Waals surface area contributed by atoms with E-state index in [4.69, 9.17) is 4.74 Å². The quantitative estimate of drug-likeness (QED) is 0.525. The number of pyridine rings is 1. The number of hydrogen-bond acceptors (Lipinski definition) is 5. The minimum absolute atomic E-state index is 0.0641. The average Bonchev–Trinajstić information content (AvgIpc) is 2.80. The molecular formula is C23H20F4N4O2. The van der Waals surface area contributed by atoms with E-state index in [1.807, 2.05) is 6.92 Å². The van der Waals surface area contributed by atoms with E-state index in [9.17, 15) is 22.4 Å². The Bertz CT molecular complexity index is 1120. The molecule has 6 nitrogen and oxygen atoms in total. The largest absolute Gasteiger partial charge is 0.472 e. The lowest BCUT2D eigenvalue weighted by Gasteiger charge is -2.39. The van der Waals surface area contributed by atoms with Gasteiger partial charge >= 0.3 is 6.18 Å². The molecule has 33 heavy (non-hydrogen) atoms. The minimum atomic E-state index is -4.48. The van der Waals surface area contributed by atoms with E-state index in [2.05, 4.69) is 15.0 Å². The number of benzene rings is 1. The molecule has 1 aliphatic heterocycles. The SMILES string of the molecule is CC1C(Oc2ccc(C(F)(F)F)cn2)CCCN1C(=O)c1ccccc1-c1ncc(F)cn1. The molecule has 0 aliphatic carbocycles. The van der Waals surface area contributed by atoms with Crippen molar-refractivity contribution in [1.29, 1.82) is 0 Å². The number of carbonyl (C=O) groups excluding carboxylic acids is 1. The normalized spacial score (nSPS) is 18.8. The molecule has 1 saturated heterocycles. The van der Waals surface area contributed by atoms with Crippen LogP contribution in [-0.2, 0) is 6.18 Å². The van der Waals surface area contributed by atoms with Gasteiger partial charge in [-0.1, -0.05) is 18.2 Å². The molecule has 2 unspecified atom stereocenters. The van der Waals surface area contributed by atoms with Gasteiger partial charge in [0.2, 0.25) is 5.88 Å². The van der Waals surface area contributed by atoms with Crippen LogP contribution in [0.4, 0.5) is 17.6 Å². The van der Waals surface area contributed by atoms with Gasteiger partial charge in [-0.2, -0.15) is 13.2 Å². The summed E-state index contributed by atoms with van der Waals surface area (Å²) < 4.78 is 57.4. The zero-order chi connectivity index (χ0) is 23.6. The first kappa shape index (κ1) is 22.6. The molecule has 1 fully saturated rings. The maximum atomic E-state index is 13.4. The van der Waals surface area contributed by atoms with Crippen molar-refractivity contribution in [2.45, 2.75) is 38.1 Å². The van der Waals surface area contributed by atoms with E-state index in [1.54, 1.807) is 29.2 Å². The highest BCUT2D eigenvalue weighted by Crippen LogP contribution is 2.31. The Balaban J connectivity index is 1.53. The van der Waals surface area contributed by atoms with Gasteiger partial charge in [-0.25, -0.2) is 19.3 Å². The van der Waals surface area contributed by atoms with E-state index in [-0.39, 0.29) is 23.7 Å². The fourth-order valence-corrected chi connectivity index (χ4v) is 3.80. The molecular weight excluding hydrogens is 440 g/mol. The molecule has 0 saturated carbocycles. The Morgan fingerprint density at radius 1 is 1.06 bits per heavy atom. The molecule has 2 atom stereocenters. The molecule has 1 aliphatic rings. The zero-order valence-electron chi connectivity index (χ0n) is 17.6. The van der Waals surface area contributed by atoms with Crippen LogP contribution in [0.5, 0.6) is 5.88 Å². The Morgan fingerprint density at radius 3 is 2.45 bits per heavy atom. The maximum Gasteiger partial charge on any atom is 0.417 e. The molecule has 3 aromatic rings. The third-order valence-electron chi connectivity index (χ3n) is 5.53. The van der Waals surface area contributed by atoms with Gasteiger partial charge in [0.25, 0.3) is 5.91 Å². The molecule has 4 rings (SSSR count). The molecule has 0 radical (unpaired) electrons. The van der Waals surface area contributed by atoms with Gasteiger partial charge < -0.3 is 9.64 Å². The Kier molecular flexibility index (Phi) is 6.26. The van der Waals surface area contributed by atoms with Crippen LogP contribution >= 0.6 is 0 Å². The topological polar surface area (TPSA) is 68.2 Å². The first-order chi connectivity index (χ1) is 15.7. The van der Waals surface area contributed by atoms with E-state index in [0.29, 0.717) is 30.5 Å². The Morgan fingerprint density at radius 2 is 1.79 bits per heavy atom.